The molecule has 4 aromatic rings. The molecule has 0 amide bonds. The molecule has 0 bridgehead atoms. The average molecular weight is 552 g/mol. The van der Waals surface area contributed by atoms with Gasteiger partial charge in [-0.1, -0.05) is 25.1 Å². The van der Waals surface area contributed by atoms with Crippen LogP contribution in [0.2, 0.25) is 0 Å². The maximum atomic E-state index is 14.1. The molecule has 1 aliphatic heterocycles. The molecule has 3 aromatic heterocycles. The molecule has 8 nitrogen and oxygen atoms in total. The van der Waals surface area contributed by atoms with Crippen molar-refractivity contribution >= 4 is 5.65 Å². The van der Waals surface area contributed by atoms with Gasteiger partial charge in [0.25, 0.3) is 5.56 Å². The van der Waals surface area contributed by atoms with Crippen LogP contribution in [0.15, 0.2) is 53.8 Å². The summed E-state index contributed by atoms with van der Waals surface area (Å²) in [5.41, 5.74) is 0.160. The first-order valence-corrected chi connectivity index (χ1v) is 13.5. The molecule has 0 spiro atoms. The summed E-state index contributed by atoms with van der Waals surface area (Å²) in [5.74, 6) is 1.37. The zero-order chi connectivity index (χ0) is 28.2. The Morgan fingerprint density at radius 1 is 1.07 bits per heavy atom. The van der Waals surface area contributed by atoms with E-state index >= 15 is 0 Å². The Labute approximate surface area is 230 Å². The number of pyridine rings is 1. The number of hydrogen-bond acceptors (Lipinski definition) is 6. The van der Waals surface area contributed by atoms with Crippen LogP contribution in [0.1, 0.15) is 42.3 Å². The molecule has 0 unspecified atom stereocenters. The first kappa shape index (κ1) is 26.6. The van der Waals surface area contributed by atoms with Crippen LogP contribution < -0.4 is 5.56 Å². The number of rotatable bonds is 5. The summed E-state index contributed by atoms with van der Waals surface area (Å²) < 4.78 is 45.4. The maximum absolute atomic E-state index is 14.1. The van der Waals surface area contributed by atoms with Crippen molar-refractivity contribution in [2.24, 2.45) is 13.0 Å². The van der Waals surface area contributed by atoms with Gasteiger partial charge in [-0.3, -0.25) is 14.1 Å². The molecule has 11 heteroatoms. The van der Waals surface area contributed by atoms with E-state index in [0.717, 1.165) is 60.9 Å². The van der Waals surface area contributed by atoms with E-state index in [1.54, 1.807) is 12.4 Å². The van der Waals surface area contributed by atoms with Crippen LogP contribution in [-0.4, -0.2) is 67.2 Å². The van der Waals surface area contributed by atoms with E-state index in [1.165, 1.54) is 12.4 Å². The standard InChI is InChI=1S/C29H32F3N7O/c1-19-13-28(14-19,27-35-34-18-37(27)3)22-6-4-5-21(12-22)23-15-33-25-24(29(30,31)32)11-20(17-39(25)26(23)40)16-38-9-7-36(2)8-10-38/h4-6,11-12,15,17-19H,7-10,13-14,16H2,1-3H3. The van der Waals surface area contributed by atoms with E-state index in [2.05, 4.69) is 31.9 Å². The zero-order valence-corrected chi connectivity index (χ0v) is 22.8. The second-order valence-corrected chi connectivity index (χ2v) is 11.5. The average Bonchev–Trinajstić information content (AvgIpc) is 3.33. The number of fused-ring (bicyclic) bond motifs is 1. The van der Waals surface area contributed by atoms with Crippen LogP contribution in [0.5, 0.6) is 0 Å². The summed E-state index contributed by atoms with van der Waals surface area (Å²) in [6.45, 7) is 5.71. The molecule has 1 saturated heterocycles. The largest absolute Gasteiger partial charge is 0.419 e. The normalized spacial score (nSPS) is 22.5. The number of aromatic nitrogens is 5. The van der Waals surface area contributed by atoms with E-state index in [1.807, 2.05) is 36.9 Å². The fraction of sp³-hybridized carbons (Fsp3) is 0.448. The summed E-state index contributed by atoms with van der Waals surface area (Å²) >= 11 is 0. The third-order valence-corrected chi connectivity index (χ3v) is 8.43. The van der Waals surface area contributed by atoms with Crippen molar-refractivity contribution < 1.29 is 13.2 Å². The van der Waals surface area contributed by atoms with E-state index < -0.39 is 17.3 Å². The molecular weight excluding hydrogens is 519 g/mol. The number of piperazine rings is 1. The summed E-state index contributed by atoms with van der Waals surface area (Å²) in [4.78, 5) is 22.3. The number of alkyl halides is 3. The quantitative estimate of drug-likeness (QED) is 0.374. The van der Waals surface area contributed by atoms with Crippen molar-refractivity contribution in [3.8, 4) is 11.1 Å². The minimum absolute atomic E-state index is 0.254. The van der Waals surface area contributed by atoms with Gasteiger partial charge in [0.05, 0.1) is 16.5 Å². The van der Waals surface area contributed by atoms with Crippen molar-refractivity contribution in [1.82, 2.24) is 33.9 Å². The molecule has 40 heavy (non-hydrogen) atoms. The van der Waals surface area contributed by atoms with Crippen LogP contribution in [0.3, 0.4) is 0 Å². The summed E-state index contributed by atoms with van der Waals surface area (Å²) in [6, 6.07) is 8.78. The highest BCUT2D eigenvalue weighted by Gasteiger charge is 2.48. The number of benzene rings is 1. The molecule has 2 aliphatic rings. The number of aryl methyl sites for hydroxylation is 1. The van der Waals surface area contributed by atoms with Gasteiger partial charge in [0.15, 0.2) is 5.65 Å². The molecule has 1 aliphatic carbocycles. The van der Waals surface area contributed by atoms with Crippen molar-refractivity contribution in [2.75, 3.05) is 33.2 Å². The molecule has 4 heterocycles. The molecule has 0 radical (unpaired) electrons. The van der Waals surface area contributed by atoms with Gasteiger partial charge in [-0.2, -0.15) is 13.2 Å². The SMILES string of the molecule is CC1CC(c2cccc(-c3cnc4c(C(F)(F)F)cc(CN5CCN(C)CC5)cn4c3=O)c2)(c2nncn2C)C1. The highest BCUT2D eigenvalue weighted by molar-refractivity contribution is 5.66. The van der Waals surface area contributed by atoms with Crippen LogP contribution in [0.25, 0.3) is 16.8 Å². The molecule has 2 fully saturated rings. The Balaban J connectivity index is 1.44. The molecule has 1 saturated carbocycles. The summed E-state index contributed by atoms with van der Waals surface area (Å²) in [5, 5.41) is 8.48. The number of nitrogens with zero attached hydrogens (tertiary/aromatic N) is 7. The van der Waals surface area contributed by atoms with Crippen LogP contribution >= 0.6 is 0 Å². The topological polar surface area (TPSA) is 71.6 Å². The highest BCUT2D eigenvalue weighted by atomic mass is 19.4. The van der Waals surface area contributed by atoms with Crippen LogP contribution in [0.4, 0.5) is 13.2 Å². The molecule has 0 atom stereocenters. The molecule has 210 valence electrons. The van der Waals surface area contributed by atoms with Gasteiger partial charge >= 0.3 is 6.18 Å². The summed E-state index contributed by atoms with van der Waals surface area (Å²) in [7, 11) is 3.94. The van der Waals surface area contributed by atoms with Gasteiger partial charge < -0.3 is 9.47 Å². The number of halogens is 3. The Morgan fingerprint density at radius 3 is 2.48 bits per heavy atom. The van der Waals surface area contributed by atoms with Gasteiger partial charge in [0.1, 0.15) is 12.2 Å². The lowest BCUT2D eigenvalue weighted by Gasteiger charge is -2.46. The lowest BCUT2D eigenvalue weighted by molar-refractivity contribution is -0.136. The monoisotopic (exact) mass is 551 g/mol. The van der Waals surface area contributed by atoms with Gasteiger partial charge in [-0.05, 0) is 54.6 Å². The molecular formula is C29H32F3N7O. The Bertz CT molecular complexity index is 1610. The Morgan fingerprint density at radius 2 is 1.82 bits per heavy atom. The Kier molecular flexibility index (Phi) is 6.53. The molecule has 1 aromatic carbocycles. The number of likely N-dealkylation sites (N-methyl/N-ethyl adjacent to an activating group) is 1. The van der Waals surface area contributed by atoms with Crippen LogP contribution in [0, 0.1) is 5.92 Å². The lowest BCUT2D eigenvalue weighted by Crippen LogP contribution is -2.44. The molecule has 0 N–H and O–H groups in total. The van der Waals surface area contributed by atoms with Gasteiger partial charge in [-0.15, -0.1) is 10.2 Å². The highest BCUT2D eigenvalue weighted by Crippen LogP contribution is 2.51. The van der Waals surface area contributed by atoms with E-state index in [4.69, 9.17) is 0 Å². The number of hydrogen-bond donors (Lipinski definition) is 0. The van der Waals surface area contributed by atoms with E-state index in [-0.39, 0.29) is 16.6 Å². The fourth-order valence-electron chi connectivity index (χ4n) is 6.38. The second kappa shape index (κ2) is 9.81. The Hall–Kier alpha value is -3.57. The van der Waals surface area contributed by atoms with Crippen LogP contribution in [-0.2, 0) is 25.2 Å². The third-order valence-electron chi connectivity index (χ3n) is 8.43. The maximum Gasteiger partial charge on any atom is 0.419 e. The van der Waals surface area contributed by atoms with Gasteiger partial charge in [0, 0.05) is 52.2 Å². The lowest BCUT2D eigenvalue weighted by atomic mass is 9.58. The van der Waals surface area contributed by atoms with E-state index in [0.29, 0.717) is 23.6 Å². The van der Waals surface area contributed by atoms with Gasteiger partial charge in [-0.25, -0.2) is 4.98 Å². The van der Waals surface area contributed by atoms with Crippen molar-refractivity contribution in [1.29, 1.82) is 0 Å². The predicted octanol–water partition coefficient (Wildman–Crippen LogP) is 3.97. The summed E-state index contributed by atoms with van der Waals surface area (Å²) in [6.07, 6.45) is 1.60. The third kappa shape index (κ3) is 4.60. The minimum atomic E-state index is -4.65. The van der Waals surface area contributed by atoms with Crippen molar-refractivity contribution in [2.45, 2.75) is 37.9 Å². The van der Waals surface area contributed by atoms with Crippen molar-refractivity contribution in [3.63, 3.8) is 0 Å². The first-order chi connectivity index (χ1) is 19.0. The minimum Gasteiger partial charge on any atom is -0.320 e. The predicted molar refractivity (Wildman–Crippen MR) is 145 cm³/mol. The zero-order valence-electron chi connectivity index (χ0n) is 22.8. The van der Waals surface area contributed by atoms with Gasteiger partial charge in [0.2, 0.25) is 0 Å². The second-order valence-electron chi connectivity index (χ2n) is 11.5. The first-order valence-electron chi connectivity index (χ1n) is 13.5. The fourth-order valence-corrected chi connectivity index (χ4v) is 6.38. The van der Waals surface area contributed by atoms with Crippen molar-refractivity contribution in [3.05, 3.63) is 81.9 Å². The smallest absolute Gasteiger partial charge is 0.320 e. The van der Waals surface area contributed by atoms with E-state index in [9.17, 15) is 18.0 Å². The molecule has 6 rings (SSSR count).